The molecular formula is C28H32ClN3O5. The maximum atomic E-state index is 14.2. The molecule has 0 saturated carbocycles. The zero-order chi connectivity index (χ0) is 26.5. The Morgan fingerprint density at radius 2 is 1.84 bits per heavy atom. The second-order valence-corrected chi connectivity index (χ2v) is 11.0. The number of nitrogens with one attached hydrogen (secondary N) is 2. The van der Waals surface area contributed by atoms with Gasteiger partial charge >= 0.3 is 0 Å². The molecule has 3 aliphatic heterocycles. The number of carbonyl (C=O) groups is 3. The highest BCUT2D eigenvalue weighted by Gasteiger charge is 2.80. The van der Waals surface area contributed by atoms with Crippen LogP contribution in [0.2, 0.25) is 5.02 Å². The summed E-state index contributed by atoms with van der Waals surface area (Å²) in [7, 11) is 1.54. The van der Waals surface area contributed by atoms with Crippen LogP contribution in [-0.2, 0) is 25.5 Å². The summed E-state index contributed by atoms with van der Waals surface area (Å²) in [6, 6.07) is 14.5. The van der Waals surface area contributed by atoms with E-state index in [1.807, 2.05) is 44.2 Å². The number of fused-ring (bicyclic) bond motifs is 1. The molecule has 37 heavy (non-hydrogen) atoms. The van der Waals surface area contributed by atoms with Crippen molar-refractivity contribution in [3.63, 3.8) is 0 Å². The van der Waals surface area contributed by atoms with E-state index in [9.17, 15) is 19.5 Å². The molecule has 3 N–H and O–H groups in total. The quantitative estimate of drug-likeness (QED) is 0.515. The van der Waals surface area contributed by atoms with E-state index in [0.717, 1.165) is 5.56 Å². The summed E-state index contributed by atoms with van der Waals surface area (Å²) in [5.74, 6) is -2.68. The number of aliphatic hydroxyl groups is 1. The van der Waals surface area contributed by atoms with Gasteiger partial charge in [0.15, 0.2) is 0 Å². The Labute approximate surface area is 221 Å². The van der Waals surface area contributed by atoms with Crippen LogP contribution in [-0.4, -0.2) is 64.7 Å². The number of likely N-dealkylation sites (tertiary alicyclic amines) is 1. The van der Waals surface area contributed by atoms with Crippen molar-refractivity contribution in [1.29, 1.82) is 0 Å². The molecule has 3 fully saturated rings. The van der Waals surface area contributed by atoms with Gasteiger partial charge in [-0.2, -0.15) is 0 Å². The van der Waals surface area contributed by atoms with Crippen molar-refractivity contribution in [1.82, 2.24) is 10.2 Å². The Balaban J connectivity index is 1.59. The minimum absolute atomic E-state index is 0.0636. The first-order valence-electron chi connectivity index (χ1n) is 12.6. The Kier molecular flexibility index (Phi) is 6.54. The third kappa shape index (κ3) is 3.93. The van der Waals surface area contributed by atoms with Gasteiger partial charge in [-0.05, 0) is 55.5 Å². The lowest BCUT2D eigenvalue weighted by molar-refractivity contribution is -0.149. The molecule has 3 unspecified atom stereocenters. The average Bonchev–Trinajstić information content (AvgIpc) is 3.40. The highest BCUT2D eigenvalue weighted by atomic mass is 35.5. The van der Waals surface area contributed by atoms with E-state index in [4.69, 9.17) is 16.3 Å². The van der Waals surface area contributed by atoms with Gasteiger partial charge in [-0.15, -0.1) is 0 Å². The number of anilines is 1. The van der Waals surface area contributed by atoms with E-state index in [0.29, 0.717) is 23.6 Å². The zero-order valence-corrected chi connectivity index (χ0v) is 21.9. The van der Waals surface area contributed by atoms with E-state index in [-0.39, 0.29) is 24.3 Å². The van der Waals surface area contributed by atoms with Crippen molar-refractivity contribution in [3.05, 3.63) is 65.2 Å². The third-order valence-corrected chi connectivity index (χ3v) is 8.81. The highest BCUT2D eigenvalue weighted by Crippen LogP contribution is 2.65. The van der Waals surface area contributed by atoms with E-state index in [1.54, 1.807) is 31.3 Å². The van der Waals surface area contributed by atoms with Gasteiger partial charge in [0.25, 0.3) is 0 Å². The first kappa shape index (κ1) is 25.7. The van der Waals surface area contributed by atoms with Crippen molar-refractivity contribution in [2.75, 3.05) is 19.0 Å². The fraction of sp³-hybridized carbons (Fsp3) is 0.464. The summed E-state index contributed by atoms with van der Waals surface area (Å²) in [4.78, 5) is 42.9. The monoisotopic (exact) mass is 525 g/mol. The van der Waals surface area contributed by atoms with Crippen LogP contribution >= 0.6 is 11.6 Å². The van der Waals surface area contributed by atoms with Crippen molar-refractivity contribution in [2.24, 2.45) is 17.8 Å². The molecule has 3 heterocycles. The Bertz CT molecular complexity index is 1210. The Morgan fingerprint density at radius 1 is 1.16 bits per heavy atom. The highest BCUT2D eigenvalue weighted by molar-refractivity contribution is 6.30. The second kappa shape index (κ2) is 9.42. The number of carbonyl (C=O) groups excluding carboxylic acids is 3. The topological polar surface area (TPSA) is 108 Å². The number of hydrogen-bond donors (Lipinski definition) is 3. The fourth-order valence-corrected chi connectivity index (χ4v) is 6.93. The lowest BCUT2D eigenvalue weighted by Crippen LogP contribution is -2.57. The maximum Gasteiger partial charge on any atom is 0.250 e. The van der Waals surface area contributed by atoms with Gasteiger partial charge in [0.05, 0.1) is 30.1 Å². The summed E-state index contributed by atoms with van der Waals surface area (Å²) in [6.45, 7) is 3.52. The van der Waals surface area contributed by atoms with Crippen molar-refractivity contribution >= 4 is 35.0 Å². The van der Waals surface area contributed by atoms with Crippen molar-refractivity contribution < 1.29 is 24.2 Å². The number of nitrogens with zero attached hydrogens (tertiary/aromatic N) is 1. The largest absolute Gasteiger partial charge is 0.394 e. The van der Waals surface area contributed by atoms with Crippen LogP contribution in [0.4, 0.5) is 5.69 Å². The zero-order valence-electron chi connectivity index (χ0n) is 21.1. The van der Waals surface area contributed by atoms with Crippen LogP contribution in [0.1, 0.15) is 25.8 Å². The van der Waals surface area contributed by atoms with Crippen LogP contribution in [0.3, 0.4) is 0 Å². The van der Waals surface area contributed by atoms with Crippen molar-refractivity contribution in [2.45, 2.75) is 50.0 Å². The summed E-state index contributed by atoms with van der Waals surface area (Å²) >= 11 is 6.02. The van der Waals surface area contributed by atoms with Crippen LogP contribution in [0.25, 0.3) is 0 Å². The van der Waals surface area contributed by atoms with Gasteiger partial charge in [-0.25, -0.2) is 0 Å². The van der Waals surface area contributed by atoms with Crippen LogP contribution < -0.4 is 10.6 Å². The lowest BCUT2D eigenvalue weighted by Gasteiger charge is -2.37. The normalized spacial score (nSPS) is 32.8. The third-order valence-electron chi connectivity index (χ3n) is 8.56. The standard InChI is InChI=1S/C28H32ClN3O5/c1-16-14-28-22(21(24(34)30-3)27(16,2)37-28)26(36)32(20(15-33)13-17-7-5-4-6-8-17)23(28)25(35)31-19-11-9-18(29)10-12-19/h4-12,16,20-23,33H,13-15H2,1-3H3,(H,30,34)(H,31,35)/t16?,20-,21-,22+,23?,27+,28?/m1/s1. The number of amides is 3. The predicted octanol–water partition coefficient (Wildman–Crippen LogP) is 2.64. The molecule has 5 rings (SSSR count). The molecule has 3 amide bonds. The molecule has 2 bridgehead atoms. The average molecular weight is 526 g/mol. The van der Waals surface area contributed by atoms with Crippen LogP contribution in [0, 0.1) is 17.8 Å². The van der Waals surface area contributed by atoms with Gasteiger partial charge in [-0.1, -0.05) is 48.9 Å². The van der Waals surface area contributed by atoms with E-state index >= 15 is 0 Å². The Hall–Kier alpha value is -2.94. The summed E-state index contributed by atoms with van der Waals surface area (Å²) < 4.78 is 6.67. The molecule has 0 aliphatic carbocycles. The second-order valence-electron chi connectivity index (χ2n) is 10.6. The maximum absolute atomic E-state index is 14.2. The molecule has 8 nitrogen and oxygen atoms in total. The van der Waals surface area contributed by atoms with E-state index in [1.165, 1.54) is 4.90 Å². The van der Waals surface area contributed by atoms with E-state index < -0.39 is 41.0 Å². The fourth-order valence-electron chi connectivity index (χ4n) is 6.81. The lowest BCUT2D eigenvalue weighted by atomic mass is 9.62. The minimum Gasteiger partial charge on any atom is -0.394 e. The predicted molar refractivity (Wildman–Crippen MR) is 139 cm³/mol. The summed E-state index contributed by atoms with van der Waals surface area (Å²) in [5, 5.41) is 16.6. The van der Waals surface area contributed by atoms with Crippen LogP contribution in [0.15, 0.2) is 54.6 Å². The SMILES string of the molecule is CNC(=O)[C@H]1[C@H]2C(=O)N([C@@H](CO)Cc3ccccc3)C(C(=O)Nc3ccc(Cl)cc3)C23CC(C)[C@]1(C)O3. The first-order chi connectivity index (χ1) is 17.7. The molecular weight excluding hydrogens is 494 g/mol. The number of hydrogen-bond acceptors (Lipinski definition) is 5. The van der Waals surface area contributed by atoms with Crippen molar-refractivity contribution in [3.8, 4) is 0 Å². The van der Waals surface area contributed by atoms with Gasteiger partial charge in [0.2, 0.25) is 17.7 Å². The molecule has 1 spiro atoms. The molecule has 9 heteroatoms. The van der Waals surface area contributed by atoms with Crippen LogP contribution in [0.5, 0.6) is 0 Å². The number of halogens is 1. The van der Waals surface area contributed by atoms with E-state index in [2.05, 4.69) is 10.6 Å². The Morgan fingerprint density at radius 3 is 2.46 bits per heavy atom. The number of benzene rings is 2. The molecule has 196 valence electrons. The molecule has 3 saturated heterocycles. The number of rotatable bonds is 7. The number of ether oxygens (including phenoxy) is 1. The van der Waals surface area contributed by atoms with Gasteiger partial charge in [-0.3, -0.25) is 14.4 Å². The van der Waals surface area contributed by atoms with Gasteiger partial charge < -0.3 is 25.4 Å². The molecule has 2 aromatic rings. The molecule has 0 radical (unpaired) electrons. The molecule has 7 atom stereocenters. The molecule has 0 aromatic heterocycles. The summed E-state index contributed by atoms with van der Waals surface area (Å²) in [5.41, 5.74) is -0.628. The molecule has 2 aromatic carbocycles. The number of aliphatic hydroxyl groups excluding tert-OH is 1. The molecule has 3 aliphatic rings. The smallest absolute Gasteiger partial charge is 0.250 e. The summed E-state index contributed by atoms with van der Waals surface area (Å²) in [6.07, 6.45) is 0.806. The minimum atomic E-state index is -1.19. The first-order valence-corrected chi connectivity index (χ1v) is 13.0. The van der Waals surface area contributed by atoms with Gasteiger partial charge in [0.1, 0.15) is 11.6 Å². The van der Waals surface area contributed by atoms with Gasteiger partial charge in [0, 0.05) is 17.8 Å².